The van der Waals surface area contributed by atoms with Gasteiger partial charge in [0.15, 0.2) is 0 Å². The van der Waals surface area contributed by atoms with Crippen LogP contribution in [0.15, 0.2) is 29.0 Å². The molecule has 0 bridgehead atoms. The van der Waals surface area contributed by atoms with Crippen LogP contribution < -0.4 is 10.2 Å². The predicted molar refractivity (Wildman–Crippen MR) is 82.4 cm³/mol. The van der Waals surface area contributed by atoms with E-state index in [4.69, 9.17) is 0 Å². The maximum Gasteiger partial charge on any atom is 0.259 e. The SMILES string of the molecule is O=C1CCC(N2C(=O)c3ccc(Br)c4cncc2c34)C(=O)N1. The zero-order valence-electron chi connectivity index (χ0n) is 11.3. The van der Waals surface area contributed by atoms with Gasteiger partial charge >= 0.3 is 0 Å². The quantitative estimate of drug-likeness (QED) is 0.786. The van der Waals surface area contributed by atoms with Crippen LogP contribution in [-0.4, -0.2) is 28.7 Å². The lowest BCUT2D eigenvalue weighted by molar-refractivity contribution is -0.134. The number of hydrogen-bond donors (Lipinski definition) is 1. The fourth-order valence-corrected chi connectivity index (χ4v) is 3.51. The van der Waals surface area contributed by atoms with Crippen molar-refractivity contribution in [1.29, 1.82) is 0 Å². The average Bonchev–Trinajstić information content (AvgIpc) is 2.77. The van der Waals surface area contributed by atoms with Gasteiger partial charge in [0.1, 0.15) is 6.04 Å². The Labute approximate surface area is 133 Å². The van der Waals surface area contributed by atoms with E-state index in [-0.39, 0.29) is 18.2 Å². The minimum absolute atomic E-state index is 0.226. The molecule has 0 aliphatic carbocycles. The molecule has 1 saturated heterocycles. The first-order chi connectivity index (χ1) is 10.6. The van der Waals surface area contributed by atoms with Crippen LogP contribution in [0.25, 0.3) is 10.8 Å². The van der Waals surface area contributed by atoms with Gasteiger partial charge in [-0.05, 0) is 18.6 Å². The summed E-state index contributed by atoms with van der Waals surface area (Å²) in [5.41, 5.74) is 1.17. The molecule has 2 aromatic rings. The fraction of sp³-hybridized carbons (Fsp3) is 0.200. The molecule has 1 fully saturated rings. The minimum atomic E-state index is -0.677. The van der Waals surface area contributed by atoms with Crippen LogP contribution >= 0.6 is 15.9 Å². The molecule has 0 saturated carbocycles. The van der Waals surface area contributed by atoms with Crippen molar-refractivity contribution >= 4 is 50.1 Å². The van der Waals surface area contributed by atoms with Crippen molar-refractivity contribution in [1.82, 2.24) is 10.3 Å². The van der Waals surface area contributed by atoms with E-state index in [1.165, 1.54) is 4.90 Å². The average molecular weight is 360 g/mol. The maximum atomic E-state index is 12.7. The third-order valence-corrected chi connectivity index (χ3v) is 4.77. The lowest BCUT2D eigenvalue weighted by Gasteiger charge is -2.29. The number of pyridine rings is 1. The molecule has 1 unspecified atom stereocenters. The Bertz CT molecular complexity index is 864. The fourth-order valence-electron chi connectivity index (χ4n) is 3.08. The van der Waals surface area contributed by atoms with E-state index in [1.54, 1.807) is 24.5 Å². The van der Waals surface area contributed by atoms with E-state index in [2.05, 4.69) is 26.2 Å². The van der Waals surface area contributed by atoms with Crippen LogP contribution in [0.1, 0.15) is 23.2 Å². The molecule has 22 heavy (non-hydrogen) atoms. The number of anilines is 1. The topological polar surface area (TPSA) is 79.4 Å². The second-order valence-electron chi connectivity index (χ2n) is 5.32. The van der Waals surface area contributed by atoms with E-state index < -0.39 is 11.9 Å². The predicted octanol–water partition coefficient (Wildman–Crippen LogP) is 1.76. The molecule has 2 aliphatic heterocycles. The number of hydrogen-bond acceptors (Lipinski definition) is 4. The molecule has 0 radical (unpaired) electrons. The number of piperidine rings is 1. The van der Waals surface area contributed by atoms with E-state index in [1.807, 2.05) is 0 Å². The van der Waals surface area contributed by atoms with Gasteiger partial charge in [0.05, 0.1) is 17.4 Å². The Morgan fingerprint density at radius 3 is 2.82 bits per heavy atom. The number of carbonyl (C=O) groups excluding carboxylic acids is 3. The standard InChI is InChI=1S/C15H10BrN3O3/c16-9-2-1-7-13-8(9)5-17-6-11(13)19(15(7)22)10-3-4-12(20)18-14(10)21/h1-2,5-6,10H,3-4H2,(H,18,20,21). The second kappa shape index (κ2) is 4.61. The van der Waals surface area contributed by atoms with Crippen LogP contribution in [0.4, 0.5) is 5.69 Å². The van der Waals surface area contributed by atoms with Gasteiger partial charge in [0.2, 0.25) is 11.8 Å². The number of nitrogens with zero attached hydrogens (tertiary/aromatic N) is 2. The second-order valence-corrected chi connectivity index (χ2v) is 6.17. The highest BCUT2D eigenvalue weighted by atomic mass is 79.9. The van der Waals surface area contributed by atoms with E-state index in [9.17, 15) is 14.4 Å². The zero-order valence-corrected chi connectivity index (χ0v) is 12.9. The minimum Gasteiger partial charge on any atom is -0.295 e. The molecule has 1 aromatic heterocycles. The third-order valence-electron chi connectivity index (χ3n) is 4.08. The zero-order chi connectivity index (χ0) is 15.4. The Morgan fingerprint density at radius 1 is 1.23 bits per heavy atom. The number of imide groups is 1. The van der Waals surface area contributed by atoms with Gasteiger partial charge in [-0.15, -0.1) is 0 Å². The summed E-state index contributed by atoms with van der Waals surface area (Å²) in [7, 11) is 0. The Balaban J connectivity index is 1.89. The molecule has 0 spiro atoms. The van der Waals surface area contributed by atoms with Crippen LogP contribution in [0.2, 0.25) is 0 Å². The summed E-state index contributed by atoms with van der Waals surface area (Å²) in [5, 5.41) is 3.92. The summed E-state index contributed by atoms with van der Waals surface area (Å²) in [4.78, 5) is 41.8. The number of nitrogens with one attached hydrogen (secondary N) is 1. The first-order valence-electron chi connectivity index (χ1n) is 6.81. The summed E-state index contributed by atoms with van der Waals surface area (Å²) in [6.45, 7) is 0. The smallest absolute Gasteiger partial charge is 0.259 e. The van der Waals surface area contributed by atoms with Gasteiger partial charge in [-0.25, -0.2) is 0 Å². The summed E-state index contributed by atoms with van der Waals surface area (Å²) < 4.78 is 0.846. The number of aromatic nitrogens is 1. The summed E-state index contributed by atoms with van der Waals surface area (Å²) in [6, 6.07) is 2.86. The van der Waals surface area contributed by atoms with Gasteiger partial charge in [0.25, 0.3) is 5.91 Å². The number of benzene rings is 1. The van der Waals surface area contributed by atoms with Gasteiger partial charge in [-0.3, -0.25) is 29.6 Å². The number of rotatable bonds is 1. The molecule has 3 amide bonds. The summed E-state index contributed by atoms with van der Waals surface area (Å²) in [5.74, 6) is -0.965. The highest BCUT2D eigenvalue weighted by Crippen LogP contribution is 2.41. The van der Waals surface area contributed by atoms with Crippen LogP contribution in [0.5, 0.6) is 0 Å². The molecule has 4 rings (SSSR count). The van der Waals surface area contributed by atoms with Crippen molar-refractivity contribution in [3.05, 3.63) is 34.6 Å². The largest absolute Gasteiger partial charge is 0.295 e. The Kier molecular flexibility index (Phi) is 2.80. The summed E-state index contributed by atoms with van der Waals surface area (Å²) >= 11 is 3.45. The molecule has 2 aliphatic rings. The summed E-state index contributed by atoms with van der Waals surface area (Å²) in [6.07, 6.45) is 3.83. The van der Waals surface area contributed by atoms with Gasteiger partial charge in [-0.1, -0.05) is 15.9 Å². The lowest BCUT2D eigenvalue weighted by Crippen LogP contribution is -2.53. The van der Waals surface area contributed by atoms with Crippen molar-refractivity contribution < 1.29 is 14.4 Å². The molecule has 1 N–H and O–H groups in total. The highest BCUT2D eigenvalue weighted by Gasteiger charge is 2.40. The Morgan fingerprint density at radius 2 is 2.05 bits per heavy atom. The molecule has 110 valence electrons. The van der Waals surface area contributed by atoms with E-state index >= 15 is 0 Å². The molecule has 1 aromatic carbocycles. The van der Waals surface area contributed by atoms with Crippen molar-refractivity contribution in [2.24, 2.45) is 0 Å². The van der Waals surface area contributed by atoms with Crippen molar-refractivity contribution in [3.63, 3.8) is 0 Å². The van der Waals surface area contributed by atoms with Gasteiger partial charge < -0.3 is 0 Å². The monoisotopic (exact) mass is 359 g/mol. The van der Waals surface area contributed by atoms with Gasteiger partial charge in [0, 0.05) is 27.9 Å². The van der Waals surface area contributed by atoms with Crippen LogP contribution in [0.3, 0.4) is 0 Å². The molecule has 7 heteroatoms. The highest BCUT2D eigenvalue weighted by molar-refractivity contribution is 9.10. The maximum absolute atomic E-state index is 12.7. The van der Waals surface area contributed by atoms with Crippen LogP contribution in [-0.2, 0) is 9.59 Å². The van der Waals surface area contributed by atoms with Gasteiger partial charge in [-0.2, -0.15) is 0 Å². The number of amides is 3. The third kappa shape index (κ3) is 1.72. The van der Waals surface area contributed by atoms with Crippen molar-refractivity contribution in [3.8, 4) is 0 Å². The van der Waals surface area contributed by atoms with Crippen LogP contribution in [0, 0.1) is 0 Å². The molecule has 3 heterocycles. The molecule has 6 nitrogen and oxygen atoms in total. The number of carbonyl (C=O) groups is 3. The van der Waals surface area contributed by atoms with E-state index in [0.29, 0.717) is 17.7 Å². The molecular weight excluding hydrogens is 350 g/mol. The normalized spacial score (nSPS) is 20.7. The Hall–Kier alpha value is -2.28. The van der Waals surface area contributed by atoms with E-state index in [0.717, 1.165) is 15.2 Å². The first-order valence-corrected chi connectivity index (χ1v) is 7.60. The first kappa shape index (κ1) is 13.4. The van der Waals surface area contributed by atoms with Crippen molar-refractivity contribution in [2.75, 3.05) is 4.90 Å². The number of halogens is 1. The molecular formula is C15H10BrN3O3. The lowest BCUT2D eigenvalue weighted by atomic mass is 10.0. The molecule has 1 atom stereocenters. The van der Waals surface area contributed by atoms with Crippen molar-refractivity contribution in [2.45, 2.75) is 18.9 Å².